The van der Waals surface area contributed by atoms with Crippen LogP contribution in [0.15, 0.2) is 18.2 Å². The van der Waals surface area contributed by atoms with Gasteiger partial charge in [-0.2, -0.15) is 0 Å². The van der Waals surface area contributed by atoms with Gasteiger partial charge in [-0.1, -0.05) is 19.9 Å². The largest absolute Gasteiger partial charge is 0.508 e. The Balaban J connectivity index is 1.63. The van der Waals surface area contributed by atoms with Gasteiger partial charge in [0.05, 0.1) is 6.10 Å². The van der Waals surface area contributed by atoms with Crippen LogP contribution in [0.5, 0.6) is 5.75 Å². The third-order valence-corrected chi connectivity index (χ3v) is 6.57. The van der Waals surface area contributed by atoms with Crippen LogP contribution in [0.1, 0.15) is 44.2 Å². The van der Waals surface area contributed by atoms with Gasteiger partial charge in [0.2, 0.25) is 0 Å². The zero-order valence-electron chi connectivity index (χ0n) is 13.7. The van der Waals surface area contributed by atoms with Crippen LogP contribution < -0.4 is 0 Å². The zero-order chi connectivity index (χ0) is 15.3. The van der Waals surface area contributed by atoms with E-state index in [0.29, 0.717) is 23.8 Å². The van der Waals surface area contributed by atoms with Gasteiger partial charge in [0.25, 0.3) is 0 Å². The number of hydrogen-bond donors (Lipinski definition) is 1. The van der Waals surface area contributed by atoms with Gasteiger partial charge in [-0.05, 0) is 66.8 Å². The molecule has 120 valence electrons. The maximum atomic E-state index is 9.90. The summed E-state index contributed by atoms with van der Waals surface area (Å²) in [6.45, 7) is 7.99. The molecule has 2 fully saturated rings. The highest BCUT2D eigenvalue weighted by molar-refractivity contribution is 5.44. The van der Waals surface area contributed by atoms with Gasteiger partial charge in [0, 0.05) is 19.2 Å². The first-order chi connectivity index (χ1) is 10.6. The van der Waals surface area contributed by atoms with Gasteiger partial charge in [0.1, 0.15) is 5.75 Å². The minimum atomic E-state index is 0.198. The summed E-state index contributed by atoms with van der Waals surface area (Å²) in [5.41, 5.74) is 3.01. The summed E-state index contributed by atoms with van der Waals surface area (Å²) in [6, 6.07) is 6.60. The maximum Gasteiger partial charge on any atom is 0.115 e. The number of fused-ring (bicyclic) bond motifs is 4. The molecule has 2 saturated heterocycles. The number of nitrogens with zero attached hydrogens (tertiary/aromatic N) is 1. The number of benzene rings is 1. The van der Waals surface area contributed by atoms with Gasteiger partial charge in [-0.3, -0.25) is 4.90 Å². The quantitative estimate of drug-likeness (QED) is 0.911. The molecule has 22 heavy (non-hydrogen) atoms. The number of phenolic OH excluding ortho intramolecular Hbond substituents is 1. The molecule has 0 amide bonds. The van der Waals surface area contributed by atoms with E-state index < -0.39 is 0 Å². The Kier molecular flexibility index (Phi) is 3.46. The number of piperidine rings is 1. The summed E-state index contributed by atoms with van der Waals surface area (Å²) in [5, 5.41) is 9.90. The van der Waals surface area contributed by atoms with Crippen molar-refractivity contribution < 1.29 is 9.84 Å². The molecule has 2 heterocycles. The third-order valence-electron chi connectivity index (χ3n) is 6.57. The van der Waals surface area contributed by atoms with Crippen molar-refractivity contribution in [1.29, 1.82) is 0 Å². The van der Waals surface area contributed by atoms with Gasteiger partial charge >= 0.3 is 0 Å². The summed E-state index contributed by atoms with van der Waals surface area (Å²) in [4.78, 5) is 2.68. The lowest BCUT2D eigenvalue weighted by molar-refractivity contribution is -0.00671. The van der Waals surface area contributed by atoms with E-state index in [-0.39, 0.29) is 5.41 Å². The molecule has 2 bridgehead atoms. The normalized spacial score (nSPS) is 38.0. The van der Waals surface area contributed by atoms with Crippen LogP contribution in [-0.2, 0) is 16.6 Å². The third kappa shape index (κ3) is 2.17. The molecule has 1 unspecified atom stereocenters. The molecular weight excluding hydrogens is 274 g/mol. The van der Waals surface area contributed by atoms with E-state index in [1.54, 1.807) is 0 Å². The smallest absolute Gasteiger partial charge is 0.115 e. The first-order valence-electron chi connectivity index (χ1n) is 8.76. The van der Waals surface area contributed by atoms with Gasteiger partial charge in [0.15, 0.2) is 0 Å². The van der Waals surface area contributed by atoms with Crippen molar-refractivity contribution in [2.75, 3.05) is 19.7 Å². The number of likely N-dealkylation sites (tertiary alicyclic amines) is 1. The fraction of sp³-hybridized carbons (Fsp3) is 0.684. The van der Waals surface area contributed by atoms with E-state index in [2.05, 4.69) is 24.8 Å². The van der Waals surface area contributed by atoms with E-state index in [1.165, 1.54) is 30.4 Å². The Morgan fingerprint density at radius 2 is 2.27 bits per heavy atom. The standard InChI is InChI=1S/C19H27NO2/c1-13-18-10-14-5-6-15(21)11-17(14)19(13,2)7-8-20(18)12-16-4-3-9-22-16/h5-6,11,13,16,18,21H,3-4,7-10,12H2,1-2H3/t13?,16-,18+,19+/m1/s1. The summed E-state index contributed by atoms with van der Waals surface area (Å²) < 4.78 is 5.86. The minimum Gasteiger partial charge on any atom is -0.508 e. The summed E-state index contributed by atoms with van der Waals surface area (Å²) in [5.74, 6) is 1.03. The van der Waals surface area contributed by atoms with Crippen molar-refractivity contribution in [3.8, 4) is 5.75 Å². The van der Waals surface area contributed by atoms with Crippen LogP contribution in [-0.4, -0.2) is 41.8 Å². The molecule has 0 spiro atoms. The topological polar surface area (TPSA) is 32.7 Å². The number of rotatable bonds is 2. The van der Waals surface area contributed by atoms with Gasteiger partial charge < -0.3 is 9.84 Å². The first-order valence-corrected chi connectivity index (χ1v) is 8.76. The molecule has 0 radical (unpaired) electrons. The van der Waals surface area contributed by atoms with E-state index in [4.69, 9.17) is 4.74 Å². The SMILES string of the molecule is CC1[C@@H]2Cc3ccc(O)cc3[C@@]1(C)CCN2C[C@H]1CCCO1. The highest BCUT2D eigenvalue weighted by Gasteiger charge is 2.48. The minimum absolute atomic E-state index is 0.198. The van der Waals surface area contributed by atoms with Crippen LogP contribution in [0, 0.1) is 5.92 Å². The number of phenols is 1. The molecule has 4 atom stereocenters. The Morgan fingerprint density at radius 3 is 3.05 bits per heavy atom. The molecule has 1 aliphatic carbocycles. The van der Waals surface area contributed by atoms with Crippen molar-refractivity contribution in [3.63, 3.8) is 0 Å². The van der Waals surface area contributed by atoms with Crippen molar-refractivity contribution in [2.45, 2.75) is 57.1 Å². The van der Waals surface area contributed by atoms with Crippen molar-refractivity contribution in [1.82, 2.24) is 4.90 Å². The van der Waals surface area contributed by atoms with Crippen LogP contribution in [0.2, 0.25) is 0 Å². The molecule has 1 aromatic carbocycles. The van der Waals surface area contributed by atoms with Crippen LogP contribution in [0.3, 0.4) is 0 Å². The monoisotopic (exact) mass is 301 g/mol. The van der Waals surface area contributed by atoms with Gasteiger partial charge in [-0.25, -0.2) is 0 Å². The average Bonchev–Trinajstić information content (AvgIpc) is 3.00. The Morgan fingerprint density at radius 1 is 1.41 bits per heavy atom. The summed E-state index contributed by atoms with van der Waals surface area (Å²) in [6.07, 6.45) is 5.17. The number of aromatic hydroxyl groups is 1. The van der Waals surface area contributed by atoms with E-state index in [1.807, 2.05) is 12.1 Å². The molecule has 1 aromatic rings. The van der Waals surface area contributed by atoms with Crippen LogP contribution in [0.4, 0.5) is 0 Å². The summed E-state index contributed by atoms with van der Waals surface area (Å²) in [7, 11) is 0. The lowest BCUT2D eigenvalue weighted by atomic mass is 9.59. The fourth-order valence-corrected chi connectivity index (χ4v) is 4.97. The summed E-state index contributed by atoms with van der Waals surface area (Å²) >= 11 is 0. The second-order valence-electron chi connectivity index (χ2n) is 7.70. The number of ether oxygens (including phenoxy) is 1. The predicted molar refractivity (Wildman–Crippen MR) is 87.3 cm³/mol. The molecule has 2 aliphatic heterocycles. The molecule has 4 rings (SSSR count). The molecule has 3 heteroatoms. The Hall–Kier alpha value is -1.06. The lowest BCUT2D eigenvalue weighted by Gasteiger charge is -2.55. The van der Waals surface area contributed by atoms with E-state index in [0.717, 1.165) is 26.1 Å². The first kappa shape index (κ1) is 14.5. The van der Waals surface area contributed by atoms with Crippen LogP contribution >= 0.6 is 0 Å². The highest BCUT2D eigenvalue weighted by Crippen LogP contribution is 2.49. The second-order valence-corrected chi connectivity index (χ2v) is 7.70. The second kappa shape index (κ2) is 5.24. The highest BCUT2D eigenvalue weighted by atomic mass is 16.5. The molecule has 3 nitrogen and oxygen atoms in total. The number of hydrogen-bond acceptors (Lipinski definition) is 3. The molecule has 0 saturated carbocycles. The molecular formula is C19H27NO2. The Labute approximate surface area is 133 Å². The molecule has 0 aromatic heterocycles. The Bertz CT molecular complexity index is 567. The zero-order valence-corrected chi connectivity index (χ0v) is 13.7. The predicted octanol–water partition coefficient (Wildman–Crippen LogP) is 3.10. The van der Waals surface area contributed by atoms with Crippen LogP contribution in [0.25, 0.3) is 0 Å². The fourth-order valence-electron chi connectivity index (χ4n) is 4.97. The molecule has 3 aliphatic rings. The van der Waals surface area contributed by atoms with Crippen molar-refractivity contribution >= 4 is 0 Å². The lowest BCUT2D eigenvalue weighted by Crippen LogP contribution is -2.59. The maximum absolute atomic E-state index is 9.90. The van der Waals surface area contributed by atoms with Crippen molar-refractivity contribution in [2.24, 2.45) is 5.92 Å². The van der Waals surface area contributed by atoms with Crippen molar-refractivity contribution in [3.05, 3.63) is 29.3 Å². The molecule has 1 N–H and O–H groups in total. The average molecular weight is 301 g/mol. The van der Waals surface area contributed by atoms with E-state index >= 15 is 0 Å². The van der Waals surface area contributed by atoms with Gasteiger partial charge in [-0.15, -0.1) is 0 Å². The van der Waals surface area contributed by atoms with E-state index in [9.17, 15) is 5.11 Å².